The molecule has 0 atom stereocenters. The van der Waals surface area contributed by atoms with Gasteiger partial charge in [-0.25, -0.2) is 9.78 Å². The van der Waals surface area contributed by atoms with Crippen LogP contribution in [0.4, 0.5) is 23.8 Å². The van der Waals surface area contributed by atoms with Crippen LogP contribution < -0.4 is 11.1 Å². The van der Waals surface area contributed by atoms with Crippen LogP contribution in [0, 0.1) is 5.41 Å². The van der Waals surface area contributed by atoms with E-state index in [1.54, 1.807) is 0 Å². The number of amides is 2. The first-order chi connectivity index (χ1) is 11.2. The average Bonchev–Trinajstić information content (AvgIpc) is 2.54. The zero-order valence-corrected chi connectivity index (χ0v) is 12.6. The van der Waals surface area contributed by atoms with E-state index in [-0.39, 0.29) is 38.3 Å². The number of nitrogens with one attached hydrogen (secondary N) is 1. The van der Waals surface area contributed by atoms with E-state index in [4.69, 9.17) is 10.8 Å². The van der Waals surface area contributed by atoms with Crippen LogP contribution in [0.5, 0.6) is 0 Å². The number of likely N-dealkylation sites (tertiary alicyclic amines) is 1. The summed E-state index contributed by atoms with van der Waals surface area (Å²) in [6, 6.07) is 1.89. The van der Waals surface area contributed by atoms with E-state index in [0.29, 0.717) is 6.20 Å². The minimum absolute atomic E-state index is 0.00687. The number of rotatable bonds is 3. The number of halogens is 3. The number of pyridine rings is 1. The third kappa shape index (κ3) is 3.75. The number of alkyl halides is 3. The molecule has 1 fully saturated rings. The molecule has 0 aromatic carbocycles. The van der Waals surface area contributed by atoms with Crippen molar-refractivity contribution < 1.29 is 27.9 Å². The lowest BCUT2D eigenvalue weighted by atomic mass is 9.77. The van der Waals surface area contributed by atoms with Gasteiger partial charge in [0.25, 0.3) is 0 Å². The molecule has 2 heterocycles. The van der Waals surface area contributed by atoms with Gasteiger partial charge in [-0.05, 0) is 25.0 Å². The second kappa shape index (κ2) is 6.63. The number of carboxylic acid groups (broad SMARTS) is 1. The molecule has 4 N–H and O–H groups in total. The molecule has 0 bridgehead atoms. The van der Waals surface area contributed by atoms with Gasteiger partial charge in [-0.2, -0.15) is 13.2 Å². The summed E-state index contributed by atoms with van der Waals surface area (Å²) in [6.07, 6.45) is -4.45. The van der Waals surface area contributed by atoms with Crippen LogP contribution in [-0.2, 0) is 11.0 Å². The van der Waals surface area contributed by atoms with Crippen molar-refractivity contribution >= 4 is 17.8 Å². The van der Waals surface area contributed by atoms with E-state index in [0.717, 1.165) is 12.1 Å². The van der Waals surface area contributed by atoms with Crippen LogP contribution in [0.1, 0.15) is 18.4 Å². The third-order valence-corrected chi connectivity index (χ3v) is 4.20. The molecule has 0 saturated carbocycles. The number of carbonyl (C=O) groups excluding carboxylic acids is 1. The molecule has 0 aliphatic carbocycles. The predicted octanol–water partition coefficient (Wildman–Crippen LogP) is 1.76. The van der Waals surface area contributed by atoms with Crippen molar-refractivity contribution in [2.75, 3.05) is 25.0 Å². The Hall–Kier alpha value is -2.36. The molecule has 0 radical (unpaired) electrons. The molecule has 1 aromatic rings. The summed E-state index contributed by atoms with van der Waals surface area (Å²) >= 11 is 0. The highest BCUT2D eigenvalue weighted by Gasteiger charge is 2.41. The van der Waals surface area contributed by atoms with E-state index >= 15 is 0 Å². The molecule has 1 aliphatic rings. The molecule has 1 aromatic heterocycles. The van der Waals surface area contributed by atoms with Crippen molar-refractivity contribution in [1.29, 1.82) is 0 Å². The highest BCUT2D eigenvalue weighted by atomic mass is 19.4. The van der Waals surface area contributed by atoms with Crippen molar-refractivity contribution in [1.82, 2.24) is 9.88 Å². The zero-order valence-electron chi connectivity index (χ0n) is 12.6. The molecule has 7 nitrogen and oxygen atoms in total. The summed E-state index contributed by atoms with van der Waals surface area (Å²) in [5.74, 6) is -0.483. The molecular formula is C14H17F3N4O3. The van der Waals surface area contributed by atoms with E-state index in [1.165, 1.54) is 4.90 Å². The summed E-state index contributed by atoms with van der Waals surface area (Å²) in [5, 5.41) is 11.4. The molecule has 0 unspecified atom stereocenters. The largest absolute Gasteiger partial charge is 0.465 e. The number of nitrogens with two attached hydrogens (primary N) is 1. The van der Waals surface area contributed by atoms with Crippen molar-refractivity contribution in [2.24, 2.45) is 11.1 Å². The van der Waals surface area contributed by atoms with Gasteiger partial charge >= 0.3 is 12.3 Å². The fourth-order valence-electron chi connectivity index (χ4n) is 2.53. The molecule has 2 amide bonds. The highest BCUT2D eigenvalue weighted by Crippen LogP contribution is 2.32. The Balaban J connectivity index is 2.06. The van der Waals surface area contributed by atoms with Gasteiger partial charge in [-0.15, -0.1) is 0 Å². The normalized spacial score (nSPS) is 17.4. The second-order valence-electron chi connectivity index (χ2n) is 5.64. The first kappa shape index (κ1) is 18.0. The number of hydrogen-bond donors (Lipinski definition) is 3. The van der Waals surface area contributed by atoms with Gasteiger partial charge in [0.15, 0.2) is 0 Å². The standard InChI is InChI=1S/C14H17F3N4O3/c15-14(16,17)9-1-2-10(19-7-9)20-11(22)13(8-18)3-5-21(6-4-13)12(23)24/h1-2,7H,3-6,8,18H2,(H,23,24)(H,19,20,22). The highest BCUT2D eigenvalue weighted by molar-refractivity contribution is 5.95. The maximum absolute atomic E-state index is 12.5. The van der Waals surface area contributed by atoms with Gasteiger partial charge < -0.3 is 21.1 Å². The summed E-state index contributed by atoms with van der Waals surface area (Å²) in [7, 11) is 0. The summed E-state index contributed by atoms with van der Waals surface area (Å²) in [4.78, 5) is 28.2. The second-order valence-corrected chi connectivity index (χ2v) is 5.64. The van der Waals surface area contributed by atoms with Gasteiger partial charge in [0.2, 0.25) is 5.91 Å². The van der Waals surface area contributed by atoms with E-state index in [2.05, 4.69) is 10.3 Å². The van der Waals surface area contributed by atoms with Crippen LogP contribution in [0.3, 0.4) is 0 Å². The van der Waals surface area contributed by atoms with Gasteiger partial charge in [-0.1, -0.05) is 0 Å². The third-order valence-electron chi connectivity index (χ3n) is 4.20. The smallest absolute Gasteiger partial charge is 0.417 e. The Morgan fingerprint density at radius 2 is 1.96 bits per heavy atom. The number of anilines is 1. The Morgan fingerprint density at radius 1 is 1.33 bits per heavy atom. The molecule has 0 spiro atoms. The summed E-state index contributed by atoms with van der Waals surface area (Å²) in [5.41, 5.74) is 3.82. The van der Waals surface area contributed by atoms with Crippen LogP contribution in [0.2, 0.25) is 0 Å². The van der Waals surface area contributed by atoms with Crippen molar-refractivity contribution in [3.8, 4) is 0 Å². The van der Waals surface area contributed by atoms with E-state index < -0.39 is 29.2 Å². The minimum Gasteiger partial charge on any atom is -0.465 e. The van der Waals surface area contributed by atoms with Gasteiger partial charge in [-0.3, -0.25) is 4.79 Å². The Kier molecular flexibility index (Phi) is 4.97. The predicted molar refractivity (Wildman–Crippen MR) is 78.2 cm³/mol. The monoisotopic (exact) mass is 346 g/mol. The van der Waals surface area contributed by atoms with Gasteiger partial charge in [0.1, 0.15) is 5.82 Å². The summed E-state index contributed by atoms with van der Waals surface area (Å²) < 4.78 is 37.5. The number of hydrogen-bond acceptors (Lipinski definition) is 4. The lowest BCUT2D eigenvalue weighted by Gasteiger charge is -2.38. The van der Waals surface area contributed by atoms with Gasteiger partial charge in [0.05, 0.1) is 11.0 Å². The molecule has 24 heavy (non-hydrogen) atoms. The Labute approximate surface area is 135 Å². The lowest BCUT2D eigenvalue weighted by Crippen LogP contribution is -2.51. The molecule has 1 saturated heterocycles. The lowest BCUT2D eigenvalue weighted by molar-refractivity contribution is -0.137. The first-order valence-electron chi connectivity index (χ1n) is 7.20. The Morgan fingerprint density at radius 3 is 2.38 bits per heavy atom. The van der Waals surface area contributed by atoms with Crippen LogP contribution >= 0.6 is 0 Å². The fraction of sp³-hybridized carbons (Fsp3) is 0.500. The average molecular weight is 346 g/mol. The minimum atomic E-state index is -4.50. The molecule has 1 aliphatic heterocycles. The molecular weight excluding hydrogens is 329 g/mol. The number of piperidine rings is 1. The van der Waals surface area contributed by atoms with Crippen molar-refractivity contribution in [2.45, 2.75) is 19.0 Å². The topological polar surface area (TPSA) is 109 Å². The van der Waals surface area contributed by atoms with Crippen LogP contribution in [0.25, 0.3) is 0 Å². The SMILES string of the molecule is NCC1(C(=O)Nc2ccc(C(F)(F)F)cn2)CCN(C(=O)O)CC1. The molecule has 2 rings (SSSR count). The van der Waals surface area contributed by atoms with Crippen LogP contribution in [-0.4, -0.2) is 46.6 Å². The molecule has 132 valence electrons. The summed E-state index contributed by atoms with van der Waals surface area (Å²) in [6.45, 7) is 0.341. The zero-order chi connectivity index (χ0) is 18.0. The number of carbonyl (C=O) groups is 2. The van der Waals surface area contributed by atoms with Crippen molar-refractivity contribution in [3.63, 3.8) is 0 Å². The maximum atomic E-state index is 12.5. The number of aromatic nitrogens is 1. The van der Waals surface area contributed by atoms with E-state index in [1.807, 2.05) is 0 Å². The first-order valence-corrected chi connectivity index (χ1v) is 7.20. The van der Waals surface area contributed by atoms with Gasteiger partial charge in [0, 0.05) is 25.8 Å². The van der Waals surface area contributed by atoms with Crippen LogP contribution in [0.15, 0.2) is 18.3 Å². The quantitative estimate of drug-likeness (QED) is 0.773. The van der Waals surface area contributed by atoms with E-state index in [9.17, 15) is 22.8 Å². The van der Waals surface area contributed by atoms with Crippen molar-refractivity contribution in [3.05, 3.63) is 23.9 Å². The molecule has 10 heteroatoms. The fourth-order valence-corrected chi connectivity index (χ4v) is 2.53. The Bertz CT molecular complexity index is 611. The maximum Gasteiger partial charge on any atom is 0.417 e. The number of nitrogens with zero attached hydrogens (tertiary/aromatic N) is 2.